The first-order chi connectivity index (χ1) is 5.08. The van der Waals surface area contributed by atoms with Crippen molar-refractivity contribution in [3.63, 3.8) is 0 Å². The van der Waals surface area contributed by atoms with E-state index in [2.05, 4.69) is 0 Å². The van der Waals surface area contributed by atoms with Gasteiger partial charge in [0, 0.05) is 13.1 Å². The van der Waals surface area contributed by atoms with Crippen molar-refractivity contribution in [2.24, 2.45) is 0 Å². The summed E-state index contributed by atoms with van der Waals surface area (Å²) in [6.07, 6.45) is 0. The topological polar surface area (TPSA) is 78.9 Å². The molecule has 1 heterocycles. The minimum absolute atomic E-state index is 0.458. The van der Waals surface area contributed by atoms with Crippen LogP contribution in [0.5, 0.6) is 0 Å². The van der Waals surface area contributed by atoms with Crippen LogP contribution in [0.1, 0.15) is 0 Å². The summed E-state index contributed by atoms with van der Waals surface area (Å²) in [7, 11) is -4.10. The van der Waals surface area contributed by atoms with E-state index < -0.39 is 10.3 Å². The van der Waals surface area contributed by atoms with Gasteiger partial charge in [0.1, 0.15) is 0 Å². The molecule has 1 rings (SSSR count). The molecule has 1 aliphatic rings. The molecule has 0 aromatic carbocycles. The molecular formula is C4H10N2O4S. The van der Waals surface area contributed by atoms with Crippen LogP contribution in [0, 0.1) is 0 Å². The third kappa shape index (κ3) is 3.63. The Morgan fingerprint density at radius 2 is 1.91 bits per heavy atom. The summed E-state index contributed by atoms with van der Waals surface area (Å²) >= 11 is 0. The van der Waals surface area contributed by atoms with Gasteiger partial charge in [-0.05, 0) is 0 Å². The van der Waals surface area contributed by atoms with Gasteiger partial charge in [-0.25, -0.2) is 5.01 Å². The Morgan fingerprint density at radius 1 is 1.36 bits per heavy atom. The fraction of sp³-hybridized carbons (Fsp3) is 1.00. The molecule has 0 aliphatic carbocycles. The summed E-state index contributed by atoms with van der Waals surface area (Å²) in [5.41, 5.74) is 0. The molecule has 7 heteroatoms. The first kappa shape index (κ1) is 8.88. The maximum atomic E-state index is 10.3. The molecule has 1 saturated heterocycles. The van der Waals surface area contributed by atoms with Gasteiger partial charge in [-0.1, -0.05) is 0 Å². The van der Waals surface area contributed by atoms with E-state index in [1.807, 2.05) is 4.83 Å². The first-order valence-electron chi connectivity index (χ1n) is 3.15. The van der Waals surface area contributed by atoms with Crippen molar-refractivity contribution in [3.05, 3.63) is 0 Å². The van der Waals surface area contributed by atoms with Gasteiger partial charge in [-0.15, -0.1) is 4.83 Å². The van der Waals surface area contributed by atoms with Crippen LogP contribution in [0.2, 0.25) is 0 Å². The van der Waals surface area contributed by atoms with Crippen LogP contribution in [0.25, 0.3) is 0 Å². The highest BCUT2D eigenvalue weighted by molar-refractivity contribution is 7.83. The number of rotatable bonds is 2. The van der Waals surface area contributed by atoms with Crippen molar-refractivity contribution < 1.29 is 17.7 Å². The Hall–Kier alpha value is -0.210. The zero-order chi connectivity index (χ0) is 8.32. The van der Waals surface area contributed by atoms with Crippen molar-refractivity contribution in [2.45, 2.75) is 0 Å². The largest absolute Gasteiger partial charge is 0.379 e. The van der Waals surface area contributed by atoms with E-state index >= 15 is 0 Å². The summed E-state index contributed by atoms with van der Waals surface area (Å²) in [6.45, 7) is 1.87. The molecule has 0 bridgehead atoms. The van der Waals surface area contributed by atoms with Crippen molar-refractivity contribution >= 4 is 10.3 Å². The van der Waals surface area contributed by atoms with Crippen LogP contribution < -0.4 is 4.83 Å². The summed E-state index contributed by atoms with van der Waals surface area (Å²) in [5.74, 6) is 0. The number of nitrogens with zero attached hydrogens (tertiary/aromatic N) is 1. The van der Waals surface area contributed by atoms with E-state index in [1.165, 1.54) is 5.01 Å². The number of hydrogen-bond donors (Lipinski definition) is 2. The highest BCUT2D eigenvalue weighted by atomic mass is 32.2. The van der Waals surface area contributed by atoms with E-state index in [-0.39, 0.29) is 0 Å². The molecule has 2 N–H and O–H groups in total. The van der Waals surface area contributed by atoms with Gasteiger partial charge in [0.05, 0.1) is 13.2 Å². The zero-order valence-corrected chi connectivity index (χ0v) is 6.67. The van der Waals surface area contributed by atoms with Crippen LogP contribution in [0.3, 0.4) is 0 Å². The van der Waals surface area contributed by atoms with Gasteiger partial charge in [0.15, 0.2) is 0 Å². The number of ether oxygens (including phenoxy) is 1. The predicted molar refractivity (Wildman–Crippen MR) is 37.1 cm³/mol. The minimum Gasteiger partial charge on any atom is -0.379 e. The van der Waals surface area contributed by atoms with Gasteiger partial charge in [-0.2, -0.15) is 8.42 Å². The second kappa shape index (κ2) is 3.46. The third-order valence-electron chi connectivity index (χ3n) is 1.26. The van der Waals surface area contributed by atoms with Gasteiger partial charge < -0.3 is 4.74 Å². The number of hydrogen-bond acceptors (Lipinski definition) is 4. The van der Waals surface area contributed by atoms with Crippen LogP contribution in [-0.2, 0) is 15.0 Å². The van der Waals surface area contributed by atoms with Gasteiger partial charge in [-0.3, -0.25) is 4.55 Å². The SMILES string of the molecule is O=S(=O)(O)NN1CCOCC1. The summed E-state index contributed by atoms with van der Waals surface area (Å²) < 4.78 is 33.8. The molecule has 66 valence electrons. The average molecular weight is 182 g/mol. The van der Waals surface area contributed by atoms with Gasteiger partial charge >= 0.3 is 10.3 Å². The smallest absolute Gasteiger partial charge is 0.346 e. The van der Waals surface area contributed by atoms with Crippen molar-refractivity contribution in [1.82, 2.24) is 9.84 Å². The van der Waals surface area contributed by atoms with Crippen molar-refractivity contribution in [2.75, 3.05) is 26.3 Å². The Labute approximate surface area is 65.0 Å². The number of nitrogens with one attached hydrogen (secondary N) is 1. The maximum absolute atomic E-state index is 10.3. The molecular weight excluding hydrogens is 172 g/mol. The Balaban J connectivity index is 2.36. The second-order valence-corrected chi connectivity index (χ2v) is 3.30. The predicted octanol–water partition coefficient (Wildman–Crippen LogP) is -1.37. The van der Waals surface area contributed by atoms with E-state index in [9.17, 15) is 8.42 Å². The highest BCUT2D eigenvalue weighted by Gasteiger charge is 2.14. The van der Waals surface area contributed by atoms with Crippen LogP contribution in [-0.4, -0.2) is 44.3 Å². The number of morpholine rings is 1. The number of hydrazine groups is 1. The third-order valence-corrected chi connectivity index (χ3v) is 1.74. The van der Waals surface area contributed by atoms with E-state index in [0.717, 1.165) is 0 Å². The fourth-order valence-electron chi connectivity index (χ4n) is 0.818. The van der Waals surface area contributed by atoms with Crippen LogP contribution >= 0.6 is 0 Å². The summed E-state index contributed by atoms with van der Waals surface area (Å²) in [5, 5.41) is 1.39. The molecule has 1 fully saturated rings. The van der Waals surface area contributed by atoms with Crippen molar-refractivity contribution in [3.8, 4) is 0 Å². The molecule has 6 nitrogen and oxygen atoms in total. The van der Waals surface area contributed by atoms with Gasteiger partial charge in [0.25, 0.3) is 0 Å². The lowest BCUT2D eigenvalue weighted by atomic mass is 10.5. The lowest BCUT2D eigenvalue weighted by Crippen LogP contribution is -2.48. The Morgan fingerprint density at radius 3 is 2.36 bits per heavy atom. The second-order valence-electron chi connectivity index (χ2n) is 2.17. The monoisotopic (exact) mass is 182 g/mol. The normalized spacial score (nSPS) is 21.9. The van der Waals surface area contributed by atoms with Crippen LogP contribution in [0.15, 0.2) is 0 Å². The summed E-state index contributed by atoms with van der Waals surface area (Å²) in [6, 6.07) is 0. The average Bonchev–Trinajstić information content (AvgIpc) is 1.85. The quantitative estimate of drug-likeness (QED) is 0.515. The highest BCUT2D eigenvalue weighted by Crippen LogP contribution is 1.92. The molecule has 0 aromatic heterocycles. The zero-order valence-electron chi connectivity index (χ0n) is 5.86. The van der Waals surface area contributed by atoms with E-state index in [1.54, 1.807) is 0 Å². The minimum atomic E-state index is -4.10. The van der Waals surface area contributed by atoms with Crippen LogP contribution in [0.4, 0.5) is 0 Å². The van der Waals surface area contributed by atoms with E-state index in [4.69, 9.17) is 9.29 Å². The molecule has 0 aromatic rings. The van der Waals surface area contributed by atoms with E-state index in [0.29, 0.717) is 26.3 Å². The lowest BCUT2D eigenvalue weighted by Gasteiger charge is -2.25. The molecule has 0 radical (unpaired) electrons. The maximum Gasteiger partial charge on any atom is 0.346 e. The molecule has 0 amide bonds. The molecule has 11 heavy (non-hydrogen) atoms. The molecule has 1 aliphatic heterocycles. The Kier molecular flexibility index (Phi) is 2.79. The standard InChI is InChI=1S/C4H10N2O4S/c7-11(8,9)5-6-1-3-10-4-2-6/h5H,1-4H2,(H,7,8,9). The molecule has 0 unspecified atom stereocenters. The fourth-order valence-corrected chi connectivity index (χ4v) is 1.33. The van der Waals surface area contributed by atoms with Crippen molar-refractivity contribution in [1.29, 1.82) is 0 Å². The van der Waals surface area contributed by atoms with Gasteiger partial charge in [0.2, 0.25) is 0 Å². The molecule has 0 spiro atoms. The molecule has 0 atom stereocenters. The Bertz CT molecular complexity index is 208. The lowest BCUT2D eigenvalue weighted by molar-refractivity contribution is 0.0258. The first-order valence-corrected chi connectivity index (χ1v) is 4.59. The summed E-state index contributed by atoms with van der Waals surface area (Å²) in [4.78, 5) is 1.94. The molecule has 0 saturated carbocycles.